The predicted octanol–water partition coefficient (Wildman–Crippen LogP) is 1.76. The molecular formula is C11H15Cl2N3O2S. The summed E-state index contributed by atoms with van der Waals surface area (Å²) in [7, 11) is -3.68. The molecule has 1 aliphatic rings. The molecule has 5 nitrogen and oxygen atoms in total. The van der Waals surface area contributed by atoms with E-state index < -0.39 is 10.2 Å². The number of hydrogen-bond donors (Lipinski definition) is 2. The molecule has 0 unspecified atom stereocenters. The normalized spacial score (nSPS) is 20.6. The largest absolute Gasteiger partial charge is 0.369 e. The van der Waals surface area contributed by atoms with Crippen LogP contribution in [-0.2, 0) is 10.2 Å². The van der Waals surface area contributed by atoms with E-state index in [4.69, 9.17) is 28.3 Å². The van der Waals surface area contributed by atoms with Gasteiger partial charge >= 0.3 is 0 Å². The Morgan fingerprint density at radius 3 is 2.74 bits per heavy atom. The molecule has 0 bridgehead atoms. The van der Waals surface area contributed by atoms with Crippen molar-refractivity contribution in [3.63, 3.8) is 0 Å². The highest BCUT2D eigenvalue weighted by atomic mass is 35.5. The summed E-state index contributed by atoms with van der Waals surface area (Å²) < 4.78 is 24.5. The van der Waals surface area contributed by atoms with E-state index in [1.807, 2.05) is 11.0 Å². The molecule has 19 heavy (non-hydrogen) atoms. The summed E-state index contributed by atoms with van der Waals surface area (Å²) >= 11 is 12.0. The number of halogens is 2. The molecule has 1 aromatic rings. The number of hydrogen-bond acceptors (Lipinski definition) is 3. The van der Waals surface area contributed by atoms with E-state index in [1.165, 1.54) is 0 Å². The predicted molar refractivity (Wildman–Crippen MR) is 77.9 cm³/mol. The minimum Gasteiger partial charge on any atom is -0.369 e. The molecule has 3 N–H and O–H groups in total. The standard InChI is InChI=1S/C11H15Cl2N3O2S/c12-8-3-4-11(10(13)6-8)16-5-1-2-9(7-16)15-19(14,17)18/h3-4,6,9,15H,1-2,5,7H2,(H2,14,17,18)/t9-/m1/s1. The number of nitrogens with two attached hydrogens (primary N) is 1. The van der Waals surface area contributed by atoms with Gasteiger partial charge in [0.2, 0.25) is 0 Å². The van der Waals surface area contributed by atoms with Gasteiger partial charge in [0, 0.05) is 24.2 Å². The Bertz CT molecular complexity index is 565. The summed E-state index contributed by atoms with van der Waals surface area (Å²) in [6, 6.07) is 5.08. The lowest BCUT2D eigenvalue weighted by Crippen LogP contribution is -2.49. The van der Waals surface area contributed by atoms with Crippen LogP contribution in [0.15, 0.2) is 18.2 Å². The maximum absolute atomic E-state index is 11.1. The van der Waals surface area contributed by atoms with Crippen molar-refractivity contribution in [2.24, 2.45) is 5.14 Å². The lowest BCUT2D eigenvalue weighted by atomic mass is 10.1. The molecule has 0 aromatic heterocycles. The molecule has 106 valence electrons. The Balaban J connectivity index is 2.12. The number of benzene rings is 1. The van der Waals surface area contributed by atoms with Crippen molar-refractivity contribution in [2.75, 3.05) is 18.0 Å². The van der Waals surface area contributed by atoms with Crippen LogP contribution in [0.3, 0.4) is 0 Å². The number of piperidine rings is 1. The van der Waals surface area contributed by atoms with Gasteiger partial charge in [-0.05, 0) is 31.0 Å². The van der Waals surface area contributed by atoms with Crippen LogP contribution in [0.4, 0.5) is 5.69 Å². The molecule has 1 aliphatic heterocycles. The fraction of sp³-hybridized carbons (Fsp3) is 0.455. The molecule has 1 saturated heterocycles. The summed E-state index contributed by atoms with van der Waals surface area (Å²) in [5.41, 5.74) is 0.854. The van der Waals surface area contributed by atoms with Gasteiger partial charge in [-0.2, -0.15) is 13.1 Å². The molecule has 0 saturated carbocycles. The first kappa shape index (κ1) is 14.9. The summed E-state index contributed by atoms with van der Waals surface area (Å²) in [6.07, 6.45) is 1.63. The maximum atomic E-state index is 11.1. The minimum absolute atomic E-state index is 0.199. The van der Waals surface area contributed by atoms with Crippen molar-refractivity contribution in [3.8, 4) is 0 Å². The summed E-state index contributed by atoms with van der Waals surface area (Å²) in [4.78, 5) is 2.03. The summed E-state index contributed by atoms with van der Waals surface area (Å²) in [6.45, 7) is 1.36. The van der Waals surface area contributed by atoms with Crippen molar-refractivity contribution in [2.45, 2.75) is 18.9 Å². The van der Waals surface area contributed by atoms with Gasteiger partial charge in [-0.1, -0.05) is 23.2 Å². The number of nitrogens with zero attached hydrogens (tertiary/aromatic N) is 1. The zero-order valence-electron chi connectivity index (χ0n) is 10.1. The monoisotopic (exact) mass is 323 g/mol. The van der Waals surface area contributed by atoms with Crippen LogP contribution < -0.4 is 14.8 Å². The molecule has 1 fully saturated rings. The Hall–Kier alpha value is -0.530. The second kappa shape index (κ2) is 5.85. The lowest BCUT2D eigenvalue weighted by molar-refractivity contribution is 0.466. The van der Waals surface area contributed by atoms with Crippen LogP contribution in [-0.4, -0.2) is 27.5 Å². The molecule has 2 rings (SSSR count). The van der Waals surface area contributed by atoms with Gasteiger partial charge in [0.25, 0.3) is 10.2 Å². The van der Waals surface area contributed by atoms with Gasteiger partial charge in [-0.3, -0.25) is 0 Å². The van der Waals surface area contributed by atoms with E-state index >= 15 is 0 Å². The highest BCUT2D eigenvalue weighted by molar-refractivity contribution is 7.87. The average molecular weight is 324 g/mol. The Morgan fingerprint density at radius 2 is 2.11 bits per heavy atom. The minimum atomic E-state index is -3.68. The van der Waals surface area contributed by atoms with Crippen molar-refractivity contribution in [1.82, 2.24) is 4.72 Å². The van der Waals surface area contributed by atoms with Crippen LogP contribution in [0.1, 0.15) is 12.8 Å². The van der Waals surface area contributed by atoms with Gasteiger partial charge in [-0.15, -0.1) is 0 Å². The van der Waals surface area contributed by atoms with Gasteiger partial charge in [0.15, 0.2) is 0 Å². The van der Waals surface area contributed by atoms with E-state index in [2.05, 4.69) is 4.72 Å². The molecule has 0 aliphatic carbocycles. The van der Waals surface area contributed by atoms with E-state index in [0.29, 0.717) is 16.6 Å². The molecule has 1 heterocycles. The molecule has 8 heteroatoms. The quantitative estimate of drug-likeness (QED) is 0.889. The maximum Gasteiger partial charge on any atom is 0.274 e. The smallest absolute Gasteiger partial charge is 0.274 e. The number of nitrogens with one attached hydrogen (secondary N) is 1. The first-order valence-electron chi connectivity index (χ1n) is 5.85. The van der Waals surface area contributed by atoms with Crippen LogP contribution in [0.2, 0.25) is 10.0 Å². The van der Waals surface area contributed by atoms with Crippen molar-refractivity contribution >= 4 is 39.1 Å². The molecule has 0 radical (unpaired) electrons. The molecule has 0 spiro atoms. The first-order valence-corrected chi connectivity index (χ1v) is 8.15. The SMILES string of the molecule is NS(=O)(=O)N[C@@H]1CCCN(c2ccc(Cl)cc2Cl)C1. The highest BCUT2D eigenvalue weighted by Crippen LogP contribution is 2.30. The molecule has 1 atom stereocenters. The highest BCUT2D eigenvalue weighted by Gasteiger charge is 2.23. The Morgan fingerprint density at radius 1 is 1.37 bits per heavy atom. The average Bonchev–Trinajstić information content (AvgIpc) is 2.26. The first-order chi connectivity index (χ1) is 8.85. The fourth-order valence-corrected chi connectivity index (χ4v) is 3.45. The van der Waals surface area contributed by atoms with Crippen LogP contribution in [0, 0.1) is 0 Å². The van der Waals surface area contributed by atoms with Crippen molar-refractivity contribution < 1.29 is 8.42 Å². The third kappa shape index (κ3) is 4.22. The Kier molecular flexibility index (Phi) is 4.58. The van der Waals surface area contributed by atoms with Crippen molar-refractivity contribution in [1.29, 1.82) is 0 Å². The number of anilines is 1. The van der Waals surface area contributed by atoms with E-state index in [-0.39, 0.29) is 6.04 Å². The summed E-state index contributed by atoms with van der Waals surface area (Å²) in [5.74, 6) is 0. The van der Waals surface area contributed by atoms with Crippen LogP contribution in [0.25, 0.3) is 0 Å². The third-order valence-electron chi connectivity index (χ3n) is 3.00. The van der Waals surface area contributed by atoms with Gasteiger partial charge in [0.1, 0.15) is 0 Å². The number of rotatable bonds is 3. The summed E-state index contributed by atoms with van der Waals surface area (Å²) in [5, 5.41) is 6.13. The van der Waals surface area contributed by atoms with Crippen LogP contribution >= 0.6 is 23.2 Å². The molecule has 1 aromatic carbocycles. The second-order valence-corrected chi connectivity index (χ2v) is 6.71. The Labute approximate surface area is 122 Å². The van der Waals surface area contributed by atoms with Gasteiger partial charge in [0.05, 0.1) is 10.7 Å². The van der Waals surface area contributed by atoms with Gasteiger partial charge < -0.3 is 4.90 Å². The van der Waals surface area contributed by atoms with Crippen molar-refractivity contribution in [3.05, 3.63) is 28.2 Å². The zero-order valence-corrected chi connectivity index (χ0v) is 12.5. The van der Waals surface area contributed by atoms with Gasteiger partial charge in [-0.25, -0.2) is 5.14 Å². The zero-order chi connectivity index (χ0) is 14.0. The molecular weight excluding hydrogens is 309 g/mol. The topological polar surface area (TPSA) is 75.4 Å². The molecule has 0 amide bonds. The third-order valence-corrected chi connectivity index (χ3v) is 4.20. The second-order valence-electron chi connectivity index (χ2n) is 4.54. The van der Waals surface area contributed by atoms with E-state index in [9.17, 15) is 8.42 Å². The fourth-order valence-electron chi connectivity index (χ4n) is 2.26. The van der Waals surface area contributed by atoms with E-state index in [0.717, 1.165) is 25.1 Å². The lowest BCUT2D eigenvalue weighted by Gasteiger charge is -2.34. The van der Waals surface area contributed by atoms with Crippen LogP contribution in [0.5, 0.6) is 0 Å². The van der Waals surface area contributed by atoms with E-state index in [1.54, 1.807) is 12.1 Å².